The van der Waals surface area contributed by atoms with Gasteiger partial charge in [0, 0.05) is 5.02 Å². The molecule has 0 bridgehead atoms. The van der Waals surface area contributed by atoms with E-state index in [1.54, 1.807) is 12.1 Å². The van der Waals surface area contributed by atoms with Gasteiger partial charge in [0.1, 0.15) is 24.4 Å². The van der Waals surface area contributed by atoms with E-state index in [2.05, 4.69) is 16.0 Å². The number of halogens is 1. The van der Waals surface area contributed by atoms with Crippen LogP contribution < -0.4 is 20.7 Å². The van der Waals surface area contributed by atoms with Crippen molar-refractivity contribution in [3.63, 3.8) is 0 Å². The van der Waals surface area contributed by atoms with Gasteiger partial charge in [-0.25, -0.2) is 0 Å². The van der Waals surface area contributed by atoms with E-state index in [1.807, 2.05) is 41.5 Å². The summed E-state index contributed by atoms with van der Waals surface area (Å²) in [5, 5.41) is 8.97. The predicted octanol–water partition coefficient (Wildman–Crippen LogP) is 2.77. The van der Waals surface area contributed by atoms with Gasteiger partial charge >= 0.3 is 0 Å². The number of amides is 3. The molecule has 166 valence electrons. The average molecular weight is 438 g/mol. The molecule has 0 saturated heterocycles. The minimum Gasteiger partial charge on any atom is -0.491 e. The number of fused-ring (bicyclic) bond motifs is 1. The van der Waals surface area contributed by atoms with Gasteiger partial charge in [-0.1, -0.05) is 53.1 Å². The van der Waals surface area contributed by atoms with Crippen molar-refractivity contribution in [2.24, 2.45) is 17.8 Å². The molecule has 8 heteroatoms. The minimum absolute atomic E-state index is 0.0792. The van der Waals surface area contributed by atoms with E-state index in [1.165, 1.54) is 6.07 Å². The number of hydrogen-bond donors (Lipinski definition) is 3. The second-order valence-corrected chi connectivity index (χ2v) is 9.17. The first-order valence-corrected chi connectivity index (χ1v) is 10.7. The van der Waals surface area contributed by atoms with Crippen LogP contribution in [0.1, 0.15) is 51.9 Å². The average Bonchev–Trinajstić information content (AvgIpc) is 2.66. The summed E-state index contributed by atoms with van der Waals surface area (Å²) in [5.74, 6) is -1.03. The van der Waals surface area contributed by atoms with E-state index in [0.29, 0.717) is 10.8 Å². The summed E-state index contributed by atoms with van der Waals surface area (Å²) >= 11 is 6.10. The zero-order valence-electron chi connectivity index (χ0n) is 18.4. The van der Waals surface area contributed by atoms with Crippen LogP contribution >= 0.6 is 11.6 Å². The van der Waals surface area contributed by atoms with Gasteiger partial charge in [-0.3, -0.25) is 14.4 Å². The van der Waals surface area contributed by atoms with Crippen LogP contribution in [0.3, 0.4) is 0 Å². The highest BCUT2D eigenvalue weighted by Gasteiger charge is 2.33. The van der Waals surface area contributed by atoms with E-state index >= 15 is 0 Å². The van der Waals surface area contributed by atoms with E-state index in [-0.39, 0.29) is 41.9 Å². The molecule has 2 rings (SSSR count). The molecule has 1 aliphatic rings. The molecular weight excluding hydrogens is 406 g/mol. The second kappa shape index (κ2) is 10.2. The maximum atomic E-state index is 13.0. The Balaban J connectivity index is 2.50. The van der Waals surface area contributed by atoms with Gasteiger partial charge in [-0.15, -0.1) is 0 Å². The third kappa shape index (κ3) is 5.88. The largest absolute Gasteiger partial charge is 0.491 e. The predicted molar refractivity (Wildman–Crippen MR) is 117 cm³/mol. The molecule has 0 aliphatic carbocycles. The van der Waals surface area contributed by atoms with Crippen molar-refractivity contribution in [2.75, 3.05) is 6.61 Å². The lowest BCUT2D eigenvalue weighted by Gasteiger charge is -2.29. The summed E-state index contributed by atoms with van der Waals surface area (Å²) in [5.41, 5.74) is 0.245. The zero-order chi connectivity index (χ0) is 22.6. The molecule has 3 amide bonds. The third-order valence-electron chi connectivity index (χ3n) is 5.22. The molecule has 0 saturated carbocycles. The Bertz CT molecular complexity index is 795. The van der Waals surface area contributed by atoms with Crippen LogP contribution in [-0.2, 0) is 9.59 Å². The first kappa shape index (κ1) is 24.0. The Morgan fingerprint density at radius 2 is 1.43 bits per heavy atom. The van der Waals surface area contributed by atoms with Crippen molar-refractivity contribution in [3.05, 3.63) is 28.8 Å². The van der Waals surface area contributed by atoms with E-state index in [9.17, 15) is 14.4 Å². The van der Waals surface area contributed by atoms with Gasteiger partial charge in [0.05, 0.1) is 11.6 Å². The minimum atomic E-state index is -0.819. The summed E-state index contributed by atoms with van der Waals surface area (Å²) in [4.78, 5) is 39.0. The highest BCUT2D eigenvalue weighted by Crippen LogP contribution is 2.24. The highest BCUT2D eigenvalue weighted by atomic mass is 35.5. The molecule has 0 unspecified atom stereocenters. The monoisotopic (exact) mass is 437 g/mol. The lowest BCUT2D eigenvalue weighted by molar-refractivity contribution is -0.132. The molecule has 0 aromatic heterocycles. The van der Waals surface area contributed by atoms with Crippen molar-refractivity contribution in [2.45, 2.75) is 59.7 Å². The molecule has 0 spiro atoms. The van der Waals surface area contributed by atoms with E-state index in [4.69, 9.17) is 16.3 Å². The fourth-order valence-corrected chi connectivity index (χ4v) is 3.36. The smallest absolute Gasteiger partial charge is 0.255 e. The number of carbonyl (C=O) groups is 3. The fraction of sp³-hybridized carbons (Fsp3) is 0.591. The number of benzene rings is 1. The molecule has 1 aromatic rings. The molecule has 7 nitrogen and oxygen atoms in total. The number of hydrogen-bond acceptors (Lipinski definition) is 4. The lowest BCUT2D eigenvalue weighted by Crippen LogP contribution is -2.58. The maximum absolute atomic E-state index is 13.0. The van der Waals surface area contributed by atoms with Crippen LogP contribution in [-0.4, -0.2) is 42.5 Å². The van der Waals surface area contributed by atoms with Gasteiger partial charge in [-0.05, 0) is 36.0 Å². The van der Waals surface area contributed by atoms with Crippen LogP contribution in [0.2, 0.25) is 5.02 Å². The molecule has 1 aliphatic heterocycles. The third-order valence-corrected chi connectivity index (χ3v) is 5.45. The maximum Gasteiger partial charge on any atom is 0.255 e. The summed E-state index contributed by atoms with van der Waals surface area (Å²) in [7, 11) is 0. The Labute approximate surface area is 183 Å². The lowest BCUT2D eigenvalue weighted by atomic mass is 9.98. The molecular formula is C22H32ClN3O4. The molecule has 1 heterocycles. The van der Waals surface area contributed by atoms with Gasteiger partial charge in [-0.2, -0.15) is 0 Å². The summed E-state index contributed by atoms with van der Waals surface area (Å²) in [6, 6.07) is 2.92. The Hall–Kier alpha value is -2.28. The van der Waals surface area contributed by atoms with E-state index < -0.39 is 23.9 Å². The Morgan fingerprint density at radius 1 is 0.867 bits per heavy atom. The van der Waals surface area contributed by atoms with Crippen molar-refractivity contribution >= 4 is 29.3 Å². The standard InChI is InChI=1S/C22H32ClN3O4/c1-11(2)16-10-30-17-8-7-14(23)9-15(17)20(27)25-19(13(5)6)22(29)26-18(12(3)4)21(28)24-16/h7-9,11-13,16,18-19H,10H2,1-6H3,(H,24,28)(H,25,27)(H,26,29)/t16-,18+,19+/m1/s1. The summed E-state index contributed by atoms with van der Waals surface area (Å²) < 4.78 is 5.93. The van der Waals surface area contributed by atoms with Crippen LogP contribution in [0.25, 0.3) is 0 Å². The van der Waals surface area contributed by atoms with Crippen LogP contribution in [0.4, 0.5) is 0 Å². The zero-order valence-corrected chi connectivity index (χ0v) is 19.2. The van der Waals surface area contributed by atoms with Crippen molar-refractivity contribution < 1.29 is 19.1 Å². The van der Waals surface area contributed by atoms with Gasteiger partial charge in [0.15, 0.2) is 0 Å². The van der Waals surface area contributed by atoms with Crippen molar-refractivity contribution in [1.82, 2.24) is 16.0 Å². The highest BCUT2D eigenvalue weighted by molar-refractivity contribution is 6.31. The Kier molecular flexibility index (Phi) is 8.12. The van der Waals surface area contributed by atoms with Gasteiger partial charge < -0.3 is 20.7 Å². The molecule has 30 heavy (non-hydrogen) atoms. The summed E-state index contributed by atoms with van der Waals surface area (Å²) in [6.45, 7) is 11.5. The van der Waals surface area contributed by atoms with Crippen LogP contribution in [0, 0.1) is 17.8 Å². The summed E-state index contributed by atoms with van der Waals surface area (Å²) in [6.07, 6.45) is 0. The second-order valence-electron chi connectivity index (χ2n) is 8.74. The number of carbonyl (C=O) groups excluding carboxylic acids is 3. The van der Waals surface area contributed by atoms with Crippen molar-refractivity contribution in [3.8, 4) is 5.75 Å². The SMILES string of the molecule is CC(C)[C@@H]1NC(=O)c2cc(Cl)ccc2OC[C@H](C(C)C)NC(=O)[C@H](C(C)C)NC1=O. The van der Waals surface area contributed by atoms with E-state index in [0.717, 1.165) is 0 Å². The quantitative estimate of drug-likeness (QED) is 0.677. The molecule has 3 atom stereocenters. The molecule has 3 N–H and O–H groups in total. The number of nitrogens with one attached hydrogen (secondary N) is 3. The number of rotatable bonds is 3. The molecule has 0 radical (unpaired) electrons. The van der Waals surface area contributed by atoms with Crippen molar-refractivity contribution in [1.29, 1.82) is 0 Å². The first-order chi connectivity index (χ1) is 14.0. The van der Waals surface area contributed by atoms with Crippen LogP contribution in [0.5, 0.6) is 5.75 Å². The van der Waals surface area contributed by atoms with Gasteiger partial charge in [0.2, 0.25) is 11.8 Å². The molecule has 0 fully saturated rings. The Morgan fingerprint density at radius 3 is 2.00 bits per heavy atom. The van der Waals surface area contributed by atoms with Crippen LogP contribution in [0.15, 0.2) is 18.2 Å². The van der Waals surface area contributed by atoms with Gasteiger partial charge in [0.25, 0.3) is 5.91 Å². The number of ether oxygens (including phenoxy) is 1. The first-order valence-electron chi connectivity index (χ1n) is 10.3. The topological polar surface area (TPSA) is 96.5 Å². The normalized spacial score (nSPS) is 23.5. The molecule has 1 aromatic carbocycles. The fourth-order valence-electron chi connectivity index (χ4n) is 3.19.